The quantitative estimate of drug-likeness (QED) is 0.694. The van der Waals surface area contributed by atoms with Crippen LogP contribution in [0.2, 0.25) is 0 Å². The Bertz CT molecular complexity index is 1030. The Morgan fingerprint density at radius 2 is 2.15 bits per heavy atom. The summed E-state index contributed by atoms with van der Waals surface area (Å²) in [6.45, 7) is 1.30. The van der Waals surface area contributed by atoms with E-state index in [2.05, 4.69) is 31.2 Å². The van der Waals surface area contributed by atoms with Crippen LogP contribution in [0.25, 0.3) is 5.65 Å². The number of hydrogen-bond acceptors (Lipinski definition) is 5. The first-order chi connectivity index (χ1) is 13.1. The number of anilines is 2. The van der Waals surface area contributed by atoms with E-state index < -0.39 is 0 Å². The number of carbonyl (C=O) groups is 1. The average molecular weight is 428 g/mol. The summed E-state index contributed by atoms with van der Waals surface area (Å²) in [5.41, 5.74) is 0.479. The molecule has 0 aromatic carbocycles. The SMILES string of the molecule is O=C(Nc1ccc(Br)cn1)C1CCCN(c2cc(=O)n3ccccc3n2)C1. The Labute approximate surface area is 164 Å². The number of fused-ring (bicyclic) bond motifs is 1. The molecule has 1 aliphatic heterocycles. The predicted molar refractivity (Wildman–Crippen MR) is 107 cm³/mol. The van der Waals surface area contributed by atoms with Crippen molar-refractivity contribution in [3.8, 4) is 0 Å². The van der Waals surface area contributed by atoms with E-state index in [1.165, 1.54) is 10.5 Å². The lowest BCUT2D eigenvalue weighted by molar-refractivity contribution is -0.120. The lowest BCUT2D eigenvalue weighted by atomic mass is 9.97. The summed E-state index contributed by atoms with van der Waals surface area (Å²) >= 11 is 3.33. The van der Waals surface area contributed by atoms with Crippen molar-refractivity contribution >= 4 is 39.1 Å². The lowest BCUT2D eigenvalue weighted by Gasteiger charge is -2.32. The highest BCUT2D eigenvalue weighted by molar-refractivity contribution is 9.10. The van der Waals surface area contributed by atoms with Gasteiger partial charge in [0.05, 0.1) is 5.92 Å². The number of hydrogen-bond donors (Lipinski definition) is 1. The Kier molecular flexibility index (Phi) is 4.89. The van der Waals surface area contributed by atoms with Crippen LogP contribution in [0.15, 0.2) is 58.1 Å². The number of piperidine rings is 1. The van der Waals surface area contributed by atoms with Crippen molar-refractivity contribution < 1.29 is 4.79 Å². The van der Waals surface area contributed by atoms with Crippen LogP contribution in [-0.4, -0.2) is 33.4 Å². The molecule has 1 aliphatic rings. The molecule has 3 aromatic rings. The highest BCUT2D eigenvalue weighted by Crippen LogP contribution is 2.22. The fourth-order valence-corrected chi connectivity index (χ4v) is 3.51. The second kappa shape index (κ2) is 7.48. The molecule has 1 saturated heterocycles. The molecule has 1 amide bonds. The number of nitrogens with zero attached hydrogens (tertiary/aromatic N) is 4. The molecule has 1 fully saturated rings. The Hall–Kier alpha value is -2.74. The smallest absolute Gasteiger partial charge is 0.259 e. The zero-order valence-electron chi connectivity index (χ0n) is 14.5. The van der Waals surface area contributed by atoms with Crippen molar-refractivity contribution in [1.82, 2.24) is 14.4 Å². The summed E-state index contributed by atoms with van der Waals surface area (Å²) in [5, 5.41) is 2.87. The van der Waals surface area contributed by atoms with Crippen LogP contribution in [0.4, 0.5) is 11.6 Å². The van der Waals surface area contributed by atoms with Crippen LogP contribution in [0.5, 0.6) is 0 Å². The van der Waals surface area contributed by atoms with Crippen LogP contribution in [0.3, 0.4) is 0 Å². The molecule has 0 bridgehead atoms. The van der Waals surface area contributed by atoms with Crippen molar-refractivity contribution in [3.05, 3.63) is 63.6 Å². The van der Waals surface area contributed by atoms with E-state index in [4.69, 9.17) is 0 Å². The van der Waals surface area contributed by atoms with Gasteiger partial charge in [-0.1, -0.05) is 6.07 Å². The first-order valence-electron chi connectivity index (χ1n) is 8.76. The van der Waals surface area contributed by atoms with Crippen LogP contribution in [0.1, 0.15) is 12.8 Å². The maximum Gasteiger partial charge on any atom is 0.259 e. The number of rotatable bonds is 3. The zero-order chi connectivity index (χ0) is 18.8. The number of amides is 1. The molecule has 138 valence electrons. The third kappa shape index (κ3) is 3.85. The van der Waals surface area contributed by atoms with E-state index in [0.717, 1.165) is 23.9 Å². The molecule has 7 nitrogen and oxygen atoms in total. The van der Waals surface area contributed by atoms with Gasteiger partial charge in [-0.25, -0.2) is 9.97 Å². The Morgan fingerprint density at radius 1 is 1.26 bits per heavy atom. The minimum Gasteiger partial charge on any atom is -0.356 e. The van der Waals surface area contributed by atoms with Crippen molar-refractivity contribution in [3.63, 3.8) is 0 Å². The standard InChI is InChI=1S/C19H18BrN5O2/c20-14-6-7-15(21-11-14)22-19(27)13-4-3-8-24(12-13)17-10-18(26)25-9-2-1-5-16(25)23-17/h1-2,5-7,9-11,13H,3-4,8,12H2,(H,21,22,27). The molecule has 4 heterocycles. The second-order valence-electron chi connectivity index (χ2n) is 6.52. The van der Waals surface area contributed by atoms with E-state index in [-0.39, 0.29) is 17.4 Å². The van der Waals surface area contributed by atoms with Crippen molar-refractivity contribution in [2.45, 2.75) is 12.8 Å². The minimum atomic E-state index is -0.180. The lowest BCUT2D eigenvalue weighted by Crippen LogP contribution is -2.41. The van der Waals surface area contributed by atoms with E-state index >= 15 is 0 Å². The Balaban J connectivity index is 1.51. The average Bonchev–Trinajstić information content (AvgIpc) is 2.70. The van der Waals surface area contributed by atoms with Gasteiger partial charge in [0, 0.05) is 36.0 Å². The molecular formula is C19H18BrN5O2. The van der Waals surface area contributed by atoms with Gasteiger partial charge in [0.25, 0.3) is 5.56 Å². The van der Waals surface area contributed by atoms with Crippen molar-refractivity contribution in [2.24, 2.45) is 5.92 Å². The fraction of sp³-hybridized carbons (Fsp3) is 0.263. The molecule has 8 heteroatoms. The number of halogens is 1. The molecule has 1 N–H and O–H groups in total. The van der Waals surface area contributed by atoms with Crippen LogP contribution in [-0.2, 0) is 4.79 Å². The van der Waals surface area contributed by atoms with Crippen LogP contribution < -0.4 is 15.8 Å². The molecule has 1 atom stereocenters. The molecular weight excluding hydrogens is 410 g/mol. The molecule has 0 spiro atoms. The molecule has 0 radical (unpaired) electrons. The number of aromatic nitrogens is 3. The maximum absolute atomic E-state index is 12.6. The van der Waals surface area contributed by atoms with Crippen molar-refractivity contribution in [2.75, 3.05) is 23.3 Å². The molecule has 3 aromatic heterocycles. The number of carbonyl (C=O) groups excluding carboxylic acids is 1. The highest BCUT2D eigenvalue weighted by Gasteiger charge is 2.27. The second-order valence-corrected chi connectivity index (χ2v) is 7.43. The molecule has 0 aliphatic carbocycles. The van der Waals surface area contributed by atoms with Gasteiger partial charge < -0.3 is 10.2 Å². The van der Waals surface area contributed by atoms with E-state index in [1.807, 2.05) is 17.0 Å². The predicted octanol–water partition coefficient (Wildman–Crippen LogP) is 2.71. The first-order valence-corrected chi connectivity index (χ1v) is 9.55. The summed E-state index contributed by atoms with van der Waals surface area (Å²) < 4.78 is 2.37. The van der Waals surface area contributed by atoms with E-state index in [1.54, 1.807) is 30.6 Å². The topological polar surface area (TPSA) is 79.6 Å². The summed E-state index contributed by atoms with van der Waals surface area (Å²) in [7, 11) is 0. The van der Waals surface area contributed by atoms with Crippen molar-refractivity contribution in [1.29, 1.82) is 0 Å². The third-order valence-corrected chi connectivity index (χ3v) is 5.12. The molecule has 0 saturated carbocycles. The largest absolute Gasteiger partial charge is 0.356 e. The van der Waals surface area contributed by atoms with Gasteiger partial charge in [-0.05, 0) is 53.0 Å². The summed E-state index contributed by atoms with van der Waals surface area (Å²) in [6, 6.07) is 10.6. The van der Waals surface area contributed by atoms with Gasteiger partial charge in [0.1, 0.15) is 17.3 Å². The summed E-state index contributed by atoms with van der Waals surface area (Å²) in [5.74, 6) is 0.903. The van der Waals surface area contributed by atoms with Gasteiger partial charge in [-0.3, -0.25) is 14.0 Å². The summed E-state index contributed by atoms with van der Waals surface area (Å²) in [6.07, 6.45) is 5.01. The fourth-order valence-electron chi connectivity index (χ4n) is 3.28. The molecule has 4 rings (SSSR count). The Morgan fingerprint density at radius 3 is 2.96 bits per heavy atom. The maximum atomic E-state index is 12.6. The highest BCUT2D eigenvalue weighted by atomic mass is 79.9. The number of pyridine rings is 2. The van der Waals surface area contributed by atoms with Gasteiger partial charge in [0.15, 0.2) is 0 Å². The molecule has 27 heavy (non-hydrogen) atoms. The van der Waals surface area contributed by atoms with Gasteiger partial charge in [0.2, 0.25) is 5.91 Å². The minimum absolute atomic E-state index is 0.0629. The third-order valence-electron chi connectivity index (χ3n) is 4.65. The molecule has 1 unspecified atom stereocenters. The zero-order valence-corrected chi connectivity index (χ0v) is 16.1. The van der Waals surface area contributed by atoms with Gasteiger partial charge in [-0.15, -0.1) is 0 Å². The van der Waals surface area contributed by atoms with Crippen LogP contribution >= 0.6 is 15.9 Å². The van der Waals surface area contributed by atoms with E-state index in [0.29, 0.717) is 23.8 Å². The number of nitrogens with one attached hydrogen (secondary N) is 1. The normalized spacial score (nSPS) is 17.1. The van der Waals surface area contributed by atoms with Gasteiger partial charge >= 0.3 is 0 Å². The van der Waals surface area contributed by atoms with Crippen LogP contribution in [0, 0.1) is 5.92 Å². The first kappa shape index (κ1) is 17.7. The monoisotopic (exact) mass is 427 g/mol. The van der Waals surface area contributed by atoms with E-state index in [9.17, 15) is 9.59 Å². The van der Waals surface area contributed by atoms with Gasteiger partial charge in [-0.2, -0.15) is 0 Å². The summed E-state index contributed by atoms with van der Waals surface area (Å²) in [4.78, 5) is 35.7.